The molecule has 15 N–H and O–H groups in total. The number of carbonyl (C=O) groups excluding carboxylic acids is 8. The Morgan fingerprint density at radius 1 is 0.393 bits per heavy atom. The summed E-state index contributed by atoms with van der Waals surface area (Å²) in [6.07, 6.45) is 23.0. The van der Waals surface area contributed by atoms with Gasteiger partial charge >= 0.3 is 30.1 Å². The quantitative estimate of drug-likeness (QED) is 0.0391. The normalized spacial score (nSPS) is 15.6. The second kappa shape index (κ2) is 40.3. The van der Waals surface area contributed by atoms with Crippen LogP contribution >= 0.6 is 0 Å². The Balaban J connectivity index is 0.000000148. The third kappa shape index (κ3) is 22.4. The van der Waals surface area contributed by atoms with E-state index < -0.39 is 36.0 Å². The van der Waals surface area contributed by atoms with E-state index in [0.717, 1.165) is 83.5 Å². The Bertz CT molecular complexity index is 4390. The van der Waals surface area contributed by atoms with Crippen LogP contribution in [0.4, 0.5) is 42.4 Å². The van der Waals surface area contributed by atoms with E-state index in [2.05, 4.69) is 129 Å². The topological polar surface area (TPSA) is 470 Å². The Morgan fingerprint density at radius 3 is 1.04 bits per heavy atom. The molecule has 2 aliphatic heterocycles. The van der Waals surface area contributed by atoms with Crippen LogP contribution in [0.15, 0.2) is 147 Å². The number of nitrogens with zero attached hydrogens (tertiary/aromatic N) is 10. The number of aliphatic hydroxyl groups is 2. The number of carbonyl (C=O) groups is 9. The van der Waals surface area contributed by atoms with Gasteiger partial charge in [0.25, 0.3) is 23.6 Å². The zero-order valence-electron chi connectivity index (χ0n) is 61.9. The van der Waals surface area contributed by atoms with Crippen molar-refractivity contribution in [3.63, 3.8) is 0 Å². The van der Waals surface area contributed by atoms with Crippen LogP contribution in [-0.2, 0) is 56.2 Å². The molecule has 0 bridgehead atoms. The number of hydrogen-bond donors (Lipinski definition) is 14. The predicted octanol–water partition coefficient (Wildman–Crippen LogP) is 5.57. The fraction of sp³-hybridized carbons (Fsp3) is 0.380. The number of aliphatic carboxylic acids is 1. The van der Waals surface area contributed by atoms with Gasteiger partial charge < -0.3 is 62.8 Å². The van der Waals surface area contributed by atoms with Crippen molar-refractivity contribution in [1.82, 2.24) is 81.6 Å². The van der Waals surface area contributed by atoms with E-state index in [0.29, 0.717) is 64.4 Å². The standard InChI is InChI=1S/C22H27N5O3.C21H23N5O4.C18H22N6O2.C18H21N5O3/c28-12-7-15-5-10-27(11-6-15)22(30)26-20-19(23-8-9-24-20)21(29)25-18-13-16-3-1-2-4-17(16)14-18;27-19(24-15-11-13-5-1-2-6-14(13)12-15)17-18(23-9-8-22-17)25-21(30)26-10-4-3-7-16(26)20(28)29;19-6-3-7-22-18(26)24-16-15(20-8-9-21-16)17(25)23-14-10-12-4-1-2-5-13(12)11-14;24-9-3-6-21-18(26)23-16-15(19-7-8-20-16)17(25)22-14-10-12-4-1-2-5-13(12)11-14/h1-4,8-9,15,18,28H,5-7,10-14H2,(H,25,29)(H,24,26,30);1-2,5-6,8-9,15-16H,3-4,7,10-12H2,(H,24,27)(H,28,29)(H,23,25,30);1-2,4-5,8-9,14H,3,6-7,10-11,19H2,(H,23,25)(H2,21,22,24,26);1-2,4-5,7-8,14,24H,3,6,9-11H2,(H,22,25)(H2,20,21,23,26). The SMILES string of the molecule is NCCCNC(=O)Nc1nccnc1C(=O)NC1Cc2ccccc2C1.O=C(NC1Cc2ccccc2C1)c1nccnc1NC(=O)N1CCC(CCO)CC1.O=C(NC1Cc2ccccc2C1)c1nccnc1NC(=O)N1CCCCC1C(=O)O.O=C(NCCCO)Nc1nccnc1C(=O)NC1Cc2ccccc2C1. The number of piperidine rings is 2. The number of nitrogens with two attached hydrogens (primary N) is 1. The highest BCUT2D eigenvalue weighted by Crippen LogP contribution is 2.28. The lowest BCUT2D eigenvalue weighted by atomic mass is 9.94. The molecule has 6 aliphatic rings. The number of carboxylic acids is 1. The highest BCUT2D eigenvalue weighted by Gasteiger charge is 2.35. The summed E-state index contributed by atoms with van der Waals surface area (Å²) in [6, 6.07) is 29.7. The lowest BCUT2D eigenvalue weighted by molar-refractivity contribution is -0.143. The van der Waals surface area contributed by atoms with Gasteiger partial charge in [-0.1, -0.05) is 97.1 Å². The zero-order chi connectivity index (χ0) is 78.7. The number of fused-ring (bicyclic) bond motifs is 4. The molecule has 586 valence electrons. The predicted molar refractivity (Wildman–Crippen MR) is 414 cm³/mol. The number of nitrogens with one attached hydrogen (secondary N) is 10. The lowest BCUT2D eigenvalue weighted by Crippen LogP contribution is -2.50. The minimum Gasteiger partial charge on any atom is -0.480 e. The van der Waals surface area contributed by atoms with Gasteiger partial charge in [0.05, 0.1) is 0 Å². The van der Waals surface area contributed by atoms with E-state index in [-0.39, 0.29) is 107 Å². The number of likely N-dealkylation sites (tertiary alicyclic amines) is 2. The van der Waals surface area contributed by atoms with Crippen LogP contribution in [0, 0.1) is 5.92 Å². The van der Waals surface area contributed by atoms with Crippen molar-refractivity contribution >= 4 is 77.0 Å². The van der Waals surface area contributed by atoms with E-state index in [1.54, 1.807) is 4.90 Å². The molecule has 112 heavy (non-hydrogen) atoms. The number of aliphatic hydroxyl groups excluding tert-OH is 2. The molecule has 33 nitrogen and oxygen atoms in total. The third-order valence-corrected chi connectivity index (χ3v) is 19.9. The van der Waals surface area contributed by atoms with Gasteiger partial charge in [0.2, 0.25) is 0 Å². The first kappa shape index (κ1) is 80.5. The Morgan fingerprint density at radius 2 is 0.714 bits per heavy atom. The fourth-order valence-corrected chi connectivity index (χ4v) is 14.3. The van der Waals surface area contributed by atoms with Crippen LogP contribution in [0.3, 0.4) is 0 Å². The summed E-state index contributed by atoms with van der Waals surface area (Å²) in [4.78, 5) is 147. The molecule has 1 unspecified atom stereocenters. The zero-order valence-corrected chi connectivity index (χ0v) is 61.9. The molecule has 12 amide bonds. The molecule has 14 rings (SSSR count). The smallest absolute Gasteiger partial charge is 0.326 e. The van der Waals surface area contributed by atoms with E-state index in [4.69, 9.17) is 15.9 Å². The average molecular weight is 1530 g/mol. The summed E-state index contributed by atoms with van der Waals surface area (Å²) < 4.78 is 0. The Labute approximate surface area is 646 Å². The number of rotatable bonds is 21. The summed E-state index contributed by atoms with van der Waals surface area (Å²) in [6.45, 7) is 3.02. The maximum Gasteiger partial charge on any atom is 0.326 e. The molecular formula is C79H93N21O12. The van der Waals surface area contributed by atoms with Gasteiger partial charge in [-0.2, -0.15) is 0 Å². The van der Waals surface area contributed by atoms with Gasteiger partial charge in [-0.3, -0.25) is 40.4 Å². The highest BCUT2D eigenvalue weighted by atomic mass is 16.4. The van der Waals surface area contributed by atoms with Crippen molar-refractivity contribution in [2.45, 2.75) is 133 Å². The number of carboxylic acid groups (broad SMARTS) is 1. The molecule has 8 aromatic rings. The van der Waals surface area contributed by atoms with Crippen molar-refractivity contribution in [3.05, 3.63) is 214 Å². The van der Waals surface area contributed by atoms with Crippen LogP contribution in [0.2, 0.25) is 0 Å². The van der Waals surface area contributed by atoms with Crippen LogP contribution in [-0.4, -0.2) is 201 Å². The summed E-state index contributed by atoms with van der Waals surface area (Å²) in [5.74, 6) is -1.65. The number of amides is 12. The van der Waals surface area contributed by atoms with Crippen molar-refractivity contribution < 1.29 is 58.5 Å². The largest absolute Gasteiger partial charge is 0.480 e. The Kier molecular flexibility index (Phi) is 29.0. The second-order valence-electron chi connectivity index (χ2n) is 27.7. The number of anilines is 4. The van der Waals surface area contributed by atoms with Gasteiger partial charge in [-0.05, 0) is 160 Å². The molecule has 0 spiro atoms. The molecule has 0 saturated carbocycles. The minimum absolute atomic E-state index is 0.00527. The minimum atomic E-state index is -1.04. The molecule has 2 fully saturated rings. The molecule has 6 heterocycles. The summed E-state index contributed by atoms with van der Waals surface area (Å²) in [7, 11) is 0. The second-order valence-corrected chi connectivity index (χ2v) is 27.7. The first-order chi connectivity index (χ1) is 54.5. The molecule has 4 aromatic heterocycles. The number of aromatic nitrogens is 8. The monoisotopic (exact) mass is 1530 g/mol. The first-order valence-electron chi connectivity index (χ1n) is 37.6. The molecule has 1 atom stereocenters. The van der Waals surface area contributed by atoms with Crippen molar-refractivity contribution in [1.29, 1.82) is 0 Å². The van der Waals surface area contributed by atoms with Crippen LogP contribution in [0.25, 0.3) is 0 Å². The highest BCUT2D eigenvalue weighted by molar-refractivity contribution is 6.04. The van der Waals surface area contributed by atoms with Crippen LogP contribution in [0.5, 0.6) is 0 Å². The number of hydrogen-bond acceptors (Lipinski definition) is 20. The van der Waals surface area contributed by atoms with Crippen molar-refractivity contribution in [3.8, 4) is 0 Å². The van der Waals surface area contributed by atoms with Gasteiger partial charge in [0.1, 0.15) is 6.04 Å². The summed E-state index contributed by atoms with van der Waals surface area (Å²) >= 11 is 0. The molecular weight excluding hydrogens is 1440 g/mol. The summed E-state index contributed by atoms with van der Waals surface area (Å²) in [5.41, 5.74) is 15.6. The average Bonchev–Trinajstić information content (AvgIpc) is 1.76. The van der Waals surface area contributed by atoms with Gasteiger partial charge in [-0.25, -0.2) is 63.8 Å². The molecule has 0 radical (unpaired) electrons. The number of benzene rings is 4. The molecule has 33 heteroatoms. The van der Waals surface area contributed by atoms with Crippen LogP contribution in [0.1, 0.15) is 138 Å². The third-order valence-electron chi connectivity index (χ3n) is 19.9. The molecule has 2 saturated heterocycles. The van der Waals surface area contributed by atoms with E-state index in [9.17, 15) is 48.3 Å². The van der Waals surface area contributed by atoms with Crippen molar-refractivity contribution in [2.75, 3.05) is 73.7 Å². The molecule has 4 aromatic carbocycles. The van der Waals surface area contributed by atoms with Gasteiger partial charge in [0.15, 0.2) is 46.0 Å². The number of urea groups is 4. The van der Waals surface area contributed by atoms with Gasteiger partial charge in [0, 0.05) is 120 Å². The lowest BCUT2D eigenvalue weighted by Gasteiger charge is -2.32. The Hall–Kier alpha value is -12.5. The summed E-state index contributed by atoms with van der Waals surface area (Å²) in [5, 5.41) is 54.8. The van der Waals surface area contributed by atoms with Gasteiger partial charge in [-0.15, -0.1) is 0 Å². The van der Waals surface area contributed by atoms with E-state index in [1.807, 2.05) is 60.7 Å². The van der Waals surface area contributed by atoms with E-state index in [1.165, 1.54) is 99.0 Å². The maximum atomic E-state index is 12.8. The molecule has 4 aliphatic carbocycles. The maximum absolute atomic E-state index is 12.8. The van der Waals surface area contributed by atoms with E-state index >= 15 is 0 Å². The van der Waals surface area contributed by atoms with Crippen LogP contribution < -0.4 is 58.9 Å². The fourth-order valence-electron chi connectivity index (χ4n) is 14.3. The first-order valence-corrected chi connectivity index (χ1v) is 37.6. The van der Waals surface area contributed by atoms with Crippen molar-refractivity contribution in [2.24, 2.45) is 11.7 Å².